The summed E-state index contributed by atoms with van der Waals surface area (Å²) in [5.74, 6) is 0.0803. The molecule has 1 N–H and O–H groups in total. The van der Waals surface area contributed by atoms with Crippen LogP contribution in [0.25, 0.3) is 12.2 Å². The maximum Gasteiger partial charge on any atom is 0.193 e. The third kappa shape index (κ3) is 3.97. The van der Waals surface area contributed by atoms with Crippen LogP contribution in [0.1, 0.15) is 35.3 Å². The molecule has 0 saturated heterocycles. The van der Waals surface area contributed by atoms with Crippen molar-refractivity contribution in [3.05, 3.63) is 63.2 Å². The first-order chi connectivity index (χ1) is 12.7. The molecule has 1 aliphatic heterocycles. The Labute approximate surface area is 167 Å². The number of hydrogen-bond acceptors (Lipinski definition) is 4. The Bertz CT molecular complexity index is 975. The molecule has 0 radical (unpaired) electrons. The number of aromatic hydroxyl groups is 1. The fraction of sp³-hybridized carbons (Fsp3) is 0.190. The van der Waals surface area contributed by atoms with E-state index in [-0.39, 0.29) is 17.1 Å². The molecule has 0 saturated carbocycles. The van der Waals surface area contributed by atoms with Crippen LogP contribution < -0.4 is 9.47 Å². The lowest BCUT2D eigenvalue weighted by Crippen LogP contribution is -2.27. The van der Waals surface area contributed by atoms with Gasteiger partial charge in [0.2, 0.25) is 0 Å². The molecular weight excluding hydrogens is 387 g/mol. The first-order valence-corrected chi connectivity index (χ1v) is 8.97. The standard InChI is InChI=1S/C21H18Cl2O4/c1-21(2)9-8-14-17(27-21)11-18(26-3)19(20(14)25)16(24)7-5-12-4-6-13(22)10-15(12)23/h4-11,25H,1-3H3/b7-5+. The Hall–Kier alpha value is -2.43. The molecule has 0 fully saturated rings. The summed E-state index contributed by atoms with van der Waals surface area (Å²) in [4.78, 5) is 12.7. The average molecular weight is 405 g/mol. The summed E-state index contributed by atoms with van der Waals surface area (Å²) < 4.78 is 11.2. The number of halogens is 2. The molecule has 1 heterocycles. The van der Waals surface area contributed by atoms with Crippen LogP contribution in [0.5, 0.6) is 17.2 Å². The maximum atomic E-state index is 12.7. The van der Waals surface area contributed by atoms with Crippen LogP contribution in [0.15, 0.2) is 36.4 Å². The highest BCUT2D eigenvalue weighted by Gasteiger charge is 2.28. The van der Waals surface area contributed by atoms with Crippen molar-refractivity contribution in [3.63, 3.8) is 0 Å². The third-order valence-electron chi connectivity index (χ3n) is 4.13. The maximum absolute atomic E-state index is 12.7. The number of methoxy groups -OCH3 is 1. The van der Waals surface area contributed by atoms with Gasteiger partial charge in [-0.15, -0.1) is 0 Å². The van der Waals surface area contributed by atoms with Crippen molar-refractivity contribution in [1.82, 2.24) is 0 Å². The van der Waals surface area contributed by atoms with Crippen molar-refractivity contribution in [2.45, 2.75) is 19.4 Å². The molecule has 0 aliphatic carbocycles. The number of carbonyl (C=O) groups is 1. The molecule has 0 amide bonds. The van der Waals surface area contributed by atoms with Crippen LogP contribution in [-0.2, 0) is 0 Å². The number of allylic oxidation sites excluding steroid dienone is 1. The molecule has 0 spiro atoms. The molecule has 140 valence electrons. The Balaban J connectivity index is 2.01. The first kappa shape index (κ1) is 19.3. The number of hydrogen-bond donors (Lipinski definition) is 1. The van der Waals surface area contributed by atoms with E-state index in [4.69, 9.17) is 32.7 Å². The highest BCUT2D eigenvalue weighted by Crippen LogP contribution is 2.43. The fourth-order valence-electron chi connectivity index (χ4n) is 2.77. The second kappa shape index (κ2) is 7.29. The van der Waals surface area contributed by atoms with E-state index in [9.17, 15) is 9.90 Å². The molecule has 1 aliphatic rings. The molecule has 2 aromatic carbocycles. The van der Waals surface area contributed by atoms with Gasteiger partial charge in [-0.1, -0.05) is 29.3 Å². The van der Waals surface area contributed by atoms with Crippen molar-refractivity contribution in [2.24, 2.45) is 0 Å². The van der Waals surface area contributed by atoms with Crippen molar-refractivity contribution >= 4 is 41.1 Å². The highest BCUT2D eigenvalue weighted by molar-refractivity contribution is 6.35. The molecule has 0 aromatic heterocycles. The topological polar surface area (TPSA) is 55.8 Å². The largest absolute Gasteiger partial charge is 0.506 e. The molecular formula is C21H18Cl2O4. The first-order valence-electron chi connectivity index (χ1n) is 8.21. The summed E-state index contributed by atoms with van der Waals surface area (Å²) in [5.41, 5.74) is 0.624. The number of phenols is 1. The van der Waals surface area contributed by atoms with Crippen molar-refractivity contribution in [2.75, 3.05) is 7.11 Å². The Kier molecular flexibility index (Phi) is 5.22. The zero-order chi connectivity index (χ0) is 19.8. The number of ketones is 1. The summed E-state index contributed by atoms with van der Waals surface area (Å²) in [6.07, 6.45) is 6.45. The predicted octanol–water partition coefficient (Wildman–Crippen LogP) is 5.79. The fourth-order valence-corrected chi connectivity index (χ4v) is 3.24. The van der Waals surface area contributed by atoms with E-state index in [1.807, 2.05) is 19.9 Å². The summed E-state index contributed by atoms with van der Waals surface area (Å²) in [7, 11) is 1.43. The molecule has 0 unspecified atom stereocenters. The normalized spacial score (nSPS) is 14.7. The number of benzene rings is 2. The van der Waals surface area contributed by atoms with Gasteiger partial charge in [-0.3, -0.25) is 4.79 Å². The van der Waals surface area contributed by atoms with Crippen molar-refractivity contribution in [1.29, 1.82) is 0 Å². The van der Waals surface area contributed by atoms with Gasteiger partial charge in [0, 0.05) is 16.1 Å². The third-order valence-corrected chi connectivity index (χ3v) is 4.70. The molecule has 4 nitrogen and oxygen atoms in total. The summed E-state index contributed by atoms with van der Waals surface area (Å²) in [5, 5.41) is 11.6. The number of phenolic OH excluding ortho intramolecular Hbond substituents is 1. The average Bonchev–Trinajstić information content (AvgIpc) is 2.59. The minimum Gasteiger partial charge on any atom is -0.506 e. The summed E-state index contributed by atoms with van der Waals surface area (Å²) in [6.45, 7) is 3.79. The molecule has 2 aromatic rings. The smallest absolute Gasteiger partial charge is 0.193 e. The lowest BCUT2D eigenvalue weighted by molar-refractivity contribution is 0.104. The Morgan fingerprint density at radius 3 is 2.67 bits per heavy atom. The van der Waals surface area contributed by atoms with Gasteiger partial charge in [0.15, 0.2) is 5.78 Å². The SMILES string of the molecule is COc1cc2c(c(O)c1C(=O)/C=C/c1ccc(Cl)cc1Cl)C=CC(C)(C)O2. The van der Waals surface area contributed by atoms with Crippen molar-refractivity contribution < 1.29 is 19.4 Å². The zero-order valence-corrected chi connectivity index (χ0v) is 16.6. The van der Waals surface area contributed by atoms with E-state index in [1.165, 1.54) is 13.2 Å². The van der Waals surface area contributed by atoms with Gasteiger partial charge >= 0.3 is 0 Å². The second-order valence-corrected chi connectivity index (χ2v) is 7.46. The van der Waals surface area contributed by atoms with Gasteiger partial charge in [-0.2, -0.15) is 0 Å². The number of fused-ring (bicyclic) bond motifs is 1. The Morgan fingerprint density at radius 2 is 2.00 bits per heavy atom. The number of rotatable bonds is 4. The minimum atomic E-state index is -0.513. The van der Waals surface area contributed by atoms with Crippen LogP contribution in [0.3, 0.4) is 0 Å². The lowest BCUT2D eigenvalue weighted by atomic mass is 9.97. The monoisotopic (exact) mass is 404 g/mol. The molecule has 3 rings (SSSR count). The van der Waals surface area contributed by atoms with Gasteiger partial charge in [-0.05, 0) is 55.8 Å². The van der Waals surface area contributed by atoms with Crippen LogP contribution in [0.4, 0.5) is 0 Å². The van der Waals surface area contributed by atoms with Gasteiger partial charge in [0.25, 0.3) is 0 Å². The summed E-state index contributed by atoms with van der Waals surface area (Å²) >= 11 is 12.0. The van der Waals surface area contributed by atoms with Gasteiger partial charge in [-0.25, -0.2) is 0 Å². The predicted molar refractivity (Wildman–Crippen MR) is 108 cm³/mol. The van der Waals surface area contributed by atoms with E-state index < -0.39 is 11.4 Å². The van der Waals surface area contributed by atoms with Crippen LogP contribution in [0.2, 0.25) is 10.0 Å². The van der Waals surface area contributed by atoms with Crippen LogP contribution in [0, 0.1) is 0 Å². The van der Waals surface area contributed by atoms with Crippen LogP contribution >= 0.6 is 23.2 Å². The lowest BCUT2D eigenvalue weighted by Gasteiger charge is -2.29. The van der Waals surface area contributed by atoms with Gasteiger partial charge in [0.05, 0.1) is 12.7 Å². The van der Waals surface area contributed by atoms with E-state index in [0.29, 0.717) is 26.9 Å². The summed E-state index contributed by atoms with van der Waals surface area (Å²) in [6, 6.07) is 6.58. The minimum absolute atomic E-state index is 0.0607. The molecule has 0 bridgehead atoms. The van der Waals surface area contributed by atoms with Gasteiger partial charge in [0.1, 0.15) is 28.4 Å². The van der Waals surface area contributed by atoms with E-state index in [2.05, 4.69) is 0 Å². The van der Waals surface area contributed by atoms with Gasteiger partial charge < -0.3 is 14.6 Å². The Morgan fingerprint density at radius 1 is 1.26 bits per heavy atom. The highest BCUT2D eigenvalue weighted by atomic mass is 35.5. The quantitative estimate of drug-likeness (QED) is 0.517. The zero-order valence-electron chi connectivity index (χ0n) is 15.0. The van der Waals surface area contributed by atoms with E-state index in [0.717, 1.165) is 0 Å². The van der Waals surface area contributed by atoms with E-state index in [1.54, 1.807) is 36.4 Å². The van der Waals surface area contributed by atoms with Crippen molar-refractivity contribution in [3.8, 4) is 17.2 Å². The molecule has 27 heavy (non-hydrogen) atoms. The second-order valence-electron chi connectivity index (χ2n) is 6.62. The molecule has 6 heteroatoms. The molecule has 0 atom stereocenters. The van der Waals surface area contributed by atoms with E-state index >= 15 is 0 Å². The number of ether oxygens (including phenoxy) is 2. The van der Waals surface area contributed by atoms with Crippen LogP contribution in [-0.4, -0.2) is 23.6 Å². The number of carbonyl (C=O) groups excluding carboxylic acids is 1.